The summed E-state index contributed by atoms with van der Waals surface area (Å²) in [5.74, 6) is -1.56. The molecule has 0 aliphatic carbocycles. The summed E-state index contributed by atoms with van der Waals surface area (Å²) < 4.78 is 39.3. The van der Waals surface area contributed by atoms with Gasteiger partial charge in [-0.3, -0.25) is 23.4 Å². The zero-order chi connectivity index (χ0) is 51.3. The zero-order valence-electron chi connectivity index (χ0n) is 44.2. The SMILES string of the molecule is CC/C=C\C/C=C\C/C=C\C/C=C\C/C=C\CCCC(=O)OC(COC(=O)CCCCCCC/C=C\CCCC)COP(=O)(O)OCC(CO)OC(=O)CCCCCCC/C=C\CCCCCCCC. The number of aliphatic hydroxyl groups excluding tert-OH is 1. The molecule has 0 spiro atoms. The van der Waals surface area contributed by atoms with Gasteiger partial charge in [0.1, 0.15) is 12.7 Å². The van der Waals surface area contributed by atoms with Gasteiger partial charge in [-0.2, -0.15) is 0 Å². The molecular formula is C58H99O11P. The van der Waals surface area contributed by atoms with Crippen molar-refractivity contribution in [3.05, 3.63) is 85.1 Å². The Morgan fingerprint density at radius 3 is 1.26 bits per heavy atom. The van der Waals surface area contributed by atoms with E-state index in [-0.39, 0.29) is 25.9 Å². The minimum Gasteiger partial charge on any atom is -0.462 e. The second-order valence-corrected chi connectivity index (χ2v) is 19.5. The standard InChI is InChI=1S/C58H99O11P/c1-4-7-10-13-16-19-22-24-26-27-29-31-34-37-40-43-46-49-58(62)69-55(51-65-56(60)47-44-41-38-35-32-21-18-15-12-9-6-3)53-67-70(63,64)66-52-54(50-59)68-57(61)48-45-42-39-36-33-30-28-25-23-20-17-14-11-8-5-2/h7,10,15-16,18-19,24-26,28-29,31,37,40,54-55,59H,4-6,8-9,11-14,17,20-23,27,30,32-36,38-39,41-53H2,1-3H3,(H,63,64)/b10-7-,18-15-,19-16-,26-24-,28-25-,31-29-,40-37-. The van der Waals surface area contributed by atoms with Gasteiger partial charge < -0.3 is 24.2 Å². The molecule has 0 radical (unpaired) electrons. The molecule has 0 bridgehead atoms. The summed E-state index contributed by atoms with van der Waals surface area (Å²) in [5, 5.41) is 9.79. The highest BCUT2D eigenvalue weighted by Gasteiger charge is 2.28. The summed E-state index contributed by atoms with van der Waals surface area (Å²) in [6.45, 7) is 4.39. The van der Waals surface area contributed by atoms with Crippen LogP contribution in [-0.2, 0) is 42.2 Å². The molecule has 70 heavy (non-hydrogen) atoms. The summed E-state index contributed by atoms with van der Waals surface area (Å²) in [6.07, 6.45) is 58.4. The number of carbonyl (C=O) groups excluding carboxylic acids is 3. The largest absolute Gasteiger partial charge is 0.472 e. The van der Waals surface area contributed by atoms with Crippen LogP contribution in [0.25, 0.3) is 0 Å². The van der Waals surface area contributed by atoms with E-state index in [2.05, 4.69) is 93.7 Å². The van der Waals surface area contributed by atoms with Crippen LogP contribution in [0, 0.1) is 0 Å². The van der Waals surface area contributed by atoms with Crippen LogP contribution >= 0.6 is 7.82 Å². The average molecular weight is 1000 g/mol. The molecule has 0 saturated carbocycles. The highest BCUT2D eigenvalue weighted by molar-refractivity contribution is 7.47. The summed E-state index contributed by atoms with van der Waals surface area (Å²) in [7, 11) is -4.76. The van der Waals surface area contributed by atoms with Gasteiger partial charge in [-0.15, -0.1) is 0 Å². The summed E-state index contributed by atoms with van der Waals surface area (Å²) in [6, 6.07) is 0. The lowest BCUT2D eigenvalue weighted by Crippen LogP contribution is -2.30. The molecule has 0 aromatic rings. The highest BCUT2D eigenvalue weighted by Crippen LogP contribution is 2.43. The second-order valence-electron chi connectivity index (χ2n) is 18.0. The fourth-order valence-electron chi connectivity index (χ4n) is 7.07. The van der Waals surface area contributed by atoms with Crippen molar-refractivity contribution in [2.75, 3.05) is 26.4 Å². The zero-order valence-corrected chi connectivity index (χ0v) is 45.1. The van der Waals surface area contributed by atoms with Crippen LogP contribution in [0.4, 0.5) is 0 Å². The number of allylic oxidation sites excluding steroid dienone is 14. The molecule has 3 unspecified atom stereocenters. The van der Waals surface area contributed by atoms with Crippen molar-refractivity contribution in [1.29, 1.82) is 0 Å². The van der Waals surface area contributed by atoms with Crippen molar-refractivity contribution in [3.8, 4) is 0 Å². The fourth-order valence-corrected chi connectivity index (χ4v) is 7.86. The van der Waals surface area contributed by atoms with Gasteiger partial charge in [0.25, 0.3) is 0 Å². The van der Waals surface area contributed by atoms with Gasteiger partial charge in [-0.05, 0) is 103 Å². The fraction of sp³-hybridized carbons (Fsp3) is 0.707. The molecule has 0 saturated heterocycles. The van der Waals surface area contributed by atoms with Crippen LogP contribution in [0.2, 0.25) is 0 Å². The van der Waals surface area contributed by atoms with E-state index in [0.717, 1.165) is 109 Å². The molecule has 0 aliphatic heterocycles. The smallest absolute Gasteiger partial charge is 0.462 e. The Hall–Kier alpha value is -3.34. The van der Waals surface area contributed by atoms with Crippen molar-refractivity contribution in [2.45, 2.75) is 238 Å². The Balaban J connectivity index is 4.80. The molecule has 0 aromatic heterocycles. The third kappa shape index (κ3) is 49.6. The van der Waals surface area contributed by atoms with Crippen LogP contribution < -0.4 is 0 Å². The van der Waals surface area contributed by atoms with Gasteiger partial charge in [0, 0.05) is 19.3 Å². The summed E-state index contributed by atoms with van der Waals surface area (Å²) >= 11 is 0. The van der Waals surface area contributed by atoms with E-state index in [1.165, 1.54) is 51.4 Å². The summed E-state index contributed by atoms with van der Waals surface area (Å²) in [4.78, 5) is 48.4. The lowest BCUT2D eigenvalue weighted by molar-refractivity contribution is -0.161. The lowest BCUT2D eigenvalue weighted by atomic mass is 10.1. The van der Waals surface area contributed by atoms with Gasteiger partial charge >= 0.3 is 25.7 Å². The van der Waals surface area contributed by atoms with Crippen molar-refractivity contribution < 1.29 is 52.2 Å². The number of carbonyl (C=O) groups is 3. The number of esters is 3. The third-order valence-corrected chi connectivity index (χ3v) is 12.2. The van der Waals surface area contributed by atoms with E-state index in [0.29, 0.717) is 25.7 Å². The molecule has 0 amide bonds. The highest BCUT2D eigenvalue weighted by atomic mass is 31.2. The Labute approximate surface area is 426 Å². The number of rotatable bonds is 50. The Kier molecular flexibility index (Phi) is 49.5. The first-order valence-electron chi connectivity index (χ1n) is 27.5. The molecule has 11 nitrogen and oxygen atoms in total. The second kappa shape index (κ2) is 52.0. The Morgan fingerprint density at radius 1 is 0.414 bits per heavy atom. The Morgan fingerprint density at radius 2 is 0.771 bits per heavy atom. The molecule has 12 heteroatoms. The van der Waals surface area contributed by atoms with Gasteiger partial charge in [0.2, 0.25) is 0 Å². The molecule has 2 N–H and O–H groups in total. The number of phosphoric acid groups is 1. The first-order chi connectivity index (χ1) is 34.2. The molecule has 0 fully saturated rings. The maximum Gasteiger partial charge on any atom is 0.472 e. The minimum atomic E-state index is -4.76. The number of aliphatic hydroxyl groups is 1. The van der Waals surface area contributed by atoms with Gasteiger partial charge in [0.15, 0.2) is 6.10 Å². The number of hydrogen-bond acceptors (Lipinski definition) is 10. The quantitative estimate of drug-likeness (QED) is 0.0197. The van der Waals surface area contributed by atoms with Crippen molar-refractivity contribution in [3.63, 3.8) is 0 Å². The van der Waals surface area contributed by atoms with Crippen LogP contribution in [0.5, 0.6) is 0 Å². The van der Waals surface area contributed by atoms with Crippen LogP contribution in [0.1, 0.15) is 226 Å². The van der Waals surface area contributed by atoms with E-state index in [1.54, 1.807) is 0 Å². The molecule has 0 aromatic carbocycles. The third-order valence-electron chi connectivity index (χ3n) is 11.3. The van der Waals surface area contributed by atoms with Crippen LogP contribution in [0.3, 0.4) is 0 Å². The number of unbranched alkanes of at least 4 members (excludes halogenated alkanes) is 19. The molecule has 3 atom stereocenters. The van der Waals surface area contributed by atoms with Gasteiger partial charge in [0.05, 0.1) is 19.8 Å². The van der Waals surface area contributed by atoms with Crippen molar-refractivity contribution in [1.82, 2.24) is 0 Å². The first-order valence-corrected chi connectivity index (χ1v) is 29.0. The maximum absolute atomic E-state index is 12.9. The number of hydrogen-bond donors (Lipinski definition) is 2. The van der Waals surface area contributed by atoms with Crippen molar-refractivity contribution in [2.24, 2.45) is 0 Å². The predicted octanol–water partition coefficient (Wildman–Crippen LogP) is 15.9. The molecule has 0 rings (SSSR count). The van der Waals surface area contributed by atoms with E-state index in [1.807, 2.05) is 12.2 Å². The first kappa shape index (κ1) is 66.7. The number of ether oxygens (including phenoxy) is 3. The normalized spacial score (nSPS) is 14.1. The lowest BCUT2D eigenvalue weighted by Gasteiger charge is -2.21. The molecule has 402 valence electrons. The van der Waals surface area contributed by atoms with E-state index in [9.17, 15) is 28.9 Å². The van der Waals surface area contributed by atoms with E-state index in [4.69, 9.17) is 23.3 Å². The van der Waals surface area contributed by atoms with Crippen LogP contribution in [-0.4, -0.2) is 66.5 Å². The maximum atomic E-state index is 12.9. The van der Waals surface area contributed by atoms with Crippen molar-refractivity contribution >= 4 is 25.7 Å². The molecule has 0 aliphatic rings. The summed E-state index contributed by atoms with van der Waals surface area (Å²) in [5.41, 5.74) is 0. The van der Waals surface area contributed by atoms with Crippen LogP contribution in [0.15, 0.2) is 85.1 Å². The molecular weight excluding hydrogens is 904 g/mol. The average Bonchev–Trinajstić information content (AvgIpc) is 3.35. The number of phosphoric ester groups is 1. The topological polar surface area (TPSA) is 155 Å². The van der Waals surface area contributed by atoms with E-state index < -0.39 is 57.8 Å². The van der Waals surface area contributed by atoms with E-state index >= 15 is 0 Å². The predicted molar refractivity (Wildman–Crippen MR) is 288 cm³/mol. The Bertz CT molecular complexity index is 1500. The molecule has 0 heterocycles. The van der Waals surface area contributed by atoms with Gasteiger partial charge in [-0.1, -0.05) is 189 Å². The minimum absolute atomic E-state index is 0.0844. The van der Waals surface area contributed by atoms with Gasteiger partial charge in [-0.25, -0.2) is 4.57 Å². The monoisotopic (exact) mass is 1000 g/mol.